The molecular formula is C11H9O2Y+2. The summed E-state index contributed by atoms with van der Waals surface area (Å²) in [5.41, 5.74) is 2.48. The quantitative estimate of drug-likeness (QED) is 0.350. The van der Waals surface area contributed by atoms with Gasteiger partial charge in [0.25, 0.3) is 0 Å². The van der Waals surface area contributed by atoms with Gasteiger partial charge >= 0.3 is 32.7 Å². The van der Waals surface area contributed by atoms with Gasteiger partial charge in [0.15, 0.2) is 6.29 Å². The molecule has 66 valence electrons. The van der Waals surface area contributed by atoms with Crippen LogP contribution in [-0.4, -0.2) is 12.2 Å². The number of hydrogen-bond donors (Lipinski definition) is 0. The van der Waals surface area contributed by atoms with E-state index in [1.807, 2.05) is 13.8 Å². The van der Waals surface area contributed by atoms with Crippen LogP contribution in [0.25, 0.3) is 5.57 Å². The van der Waals surface area contributed by atoms with Crippen LogP contribution in [0.4, 0.5) is 0 Å². The Balaban J connectivity index is 0.00000169. The third-order valence-electron chi connectivity index (χ3n) is 1.89. The first-order valence-corrected chi connectivity index (χ1v) is 3.88. The van der Waals surface area contributed by atoms with Crippen molar-refractivity contribution in [1.82, 2.24) is 0 Å². The standard InChI is InChI=1S/C11H9O2.Y/c1-8-4-3-5-9(2)11(8)10(6-12)7-13;/h4-6H,1-2H3;/q-1;+3. The van der Waals surface area contributed by atoms with Crippen molar-refractivity contribution in [1.29, 1.82) is 0 Å². The van der Waals surface area contributed by atoms with Crippen LogP contribution in [0, 0.1) is 19.9 Å². The van der Waals surface area contributed by atoms with Gasteiger partial charge in [0.05, 0.1) is 5.57 Å². The molecule has 1 aromatic carbocycles. The molecule has 0 heterocycles. The van der Waals surface area contributed by atoms with E-state index >= 15 is 0 Å². The Bertz CT molecular complexity index is 370. The number of aldehydes is 1. The van der Waals surface area contributed by atoms with Crippen molar-refractivity contribution in [2.45, 2.75) is 13.8 Å². The maximum absolute atomic E-state index is 10.5. The molecule has 14 heavy (non-hydrogen) atoms. The zero-order chi connectivity index (χ0) is 9.84. The Hall–Kier alpha value is -0.556. The van der Waals surface area contributed by atoms with Crippen molar-refractivity contribution in [3.63, 3.8) is 0 Å². The third kappa shape index (κ3) is 2.71. The molecule has 0 amide bonds. The van der Waals surface area contributed by atoms with Crippen molar-refractivity contribution in [2.24, 2.45) is 0 Å². The smallest absolute Gasteiger partial charge is 0.297 e. The van der Waals surface area contributed by atoms with E-state index in [0.29, 0.717) is 11.8 Å². The van der Waals surface area contributed by atoms with Crippen LogP contribution < -0.4 is 0 Å². The van der Waals surface area contributed by atoms with Crippen LogP contribution in [0.3, 0.4) is 0 Å². The molecule has 2 nitrogen and oxygen atoms in total. The van der Waals surface area contributed by atoms with Crippen molar-refractivity contribution >= 4 is 17.8 Å². The molecule has 0 aliphatic rings. The second-order valence-corrected chi connectivity index (χ2v) is 2.83. The summed E-state index contributed by atoms with van der Waals surface area (Å²) in [6.45, 7) is 3.67. The SMILES string of the molecule is Cc1c[c-]cc(C)c1C(=C=O)C=O.[Y+3]. The summed E-state index contributed by atoms with van der Waals surface area (Å²) in [6, 6.07) is 6.39. The molecule has 1 rings (SSSR count). The molecule has 0 aliphatic carbocycles. The maximum Gasteiger partial charge on any atom is 3.00 e. The Morgan fingerprint density at radius 3 is 2.21 bits per heavy atom. The average Bonchev–Trinajstić information content (AvgIpc) is 2.11. The Morgan fingerprint density at radius 1 is 1.36 bits per heavy atom. The van der Waals surface area contributed by atoms with Gasteiger partial charge < -0.3 is 0 Å². The van der Waals surface area contributed by atoms with Gasteiger partial charge in [-0.1, -0.05) is 13.8 Å². The number of carbonyl (C=O) groups excluding carboxylic acids is 2. The van der Waals surface area contributed by atoms with Crippen molar-refractivity contribution in [3.8, 4) is 0 Å². The van der Waals surface area contributed by atoms with E-state index in [9.17, 15) is 9.59 Å². The number of allylic oxidation sites excluding steroid dienone is 1. The monoisotopic (exact) mass is 262 g/mol. The first-order chi connectivity index (χ1) is 6.20. The first kappa shape index (κ1) is 13.4. The van der Waals surface area contributed by atoms with Crippen molar-refractivity contribution < 1.29 is 42.3 Å². The Kier molecular flexibility index (Phi) is 5.79. The number of carbonyl (C=O) groups is 1. The molecule has 0 fully saturated rings. The maximum atomic E-state index is 10.5. The summed E-state index contributed by atoms with van der Waals surface area (Å²) in [7, 11) is 0. The number of hydrogen-bond acceptors (Lipinski definition) is 2. The molecular weight excluding hydrogens is 253 g/mol. The molecule has 0 atom stereocenters. The normalized spacial score (nSPS) is 8.43. The summed E-state index contributed by atoms with van der Waals surface area (Å²) in [5.74, 6) is 1.63. The molecule has 0 saturated carbocycles. The topological polar surface area (TPSA) is 34.1 Å². The van der Waals surface area contributed by atoms with Gasteiger partial charge in [0, 0.05) is 0 Å². The van der Waals surface area contributed by atoms with Gasteiger partial charge in [0.2, 0.25) is 0 Å². The predicted octanol–water partition coefficient (Wildman–Crippen LogP) is 1.52. The summed E-state index contributed by atoms with van der Waals surface area (Å²) in [5, 5.41) is 0. The van der Waals surface area contributed by atoms with Crippen molar-refractivity contribution in [3.05, 3.63) is 34.9 Å². The molecule has 0 N–H and O–H groups in total. The molecule has 0 saturated heterocycles. The largest absolute Gasteiger partial charge is 3.00 e. The minimum absolute atomic E-state index is 0. The number of benzene rings is 1. The molecule has 0 radical (unpaired) electrons. The molecule has 0 unspecified atom stereocenters. The Labute approximate surface area is 108 Å². The van der Waals surface area contributed by atoms with E-state index in [-0.39, 0.29) is 38.3 Å². The van der Waals surface area contributed by atoms with Gasteiger partial charge in [-0.25, -0.2) is 4.79 Å². The summed E-state index contributed by atoms with van der Waals surface area (Å²) >= 11 is 0. The minimum Gasteiger partial charge on any atom is -0.297 e. The molecule has 0 aromatic heterocycles. The molecule has 0 aliphatic heterocycles. The third-order valence-corrected chi connectivity index (χ3v) is 1.89. The van der Waals surface area contributed by atoms with Crippen LogP contribution in [0.2, 0.25) is 0 Å². The van der Waals surface area contributed by atoms with Gasteiger partial charge in [-0.2, -0.15) is 29.3 Å². The zero-order valence-electron chi connectivity index (χ0n) is 8.13. The van der Waals surface area contributed by atoms with E-state index < -0.39 is 0 Å². The fourth-order valence-electron chi connectivity index (χ4n) is 1.31. The van der Waals surface area contributed by atoms with Crippen LogP contribution >= 0.6 is 0 Å². The van der Waals surface area contributed by atoms with E-state index in [2.05, 4.69) is 6.07 Å². The van der Waals surface area contributed by atoms with Crippen LogP contribution in [0.5, 0.6) is 0 Å². The van der Waals surface area contributed by atoms with Crippen LogP contribution in [0.15, 0.2) is 12.1 Å². The van der Waals surface area contributed by atoms with Gasteiger partial charge in [-0.15, -0.1) is 5.56 Å². The molecule has 3 heteroatoms. The minimum atomic E-state index is 0. The van der Waals surface area contributed by atoms with E-state index in [0.717, 1.165) is 11.1 Å². The molecule has 0 spiro atoms. The zero-order valence-corrected chi connectivity index (χ0v) is 11.0. The van der Waals surface area contributed by atoms with Gasteiger partial charge in [-0.05, 0) is 0 Å². The van der Waals surface area contributed by atoms with Crippen molar-refractivity contribution in [2.75, 3.05) is 0 Å². The van der Waals surface area contributed by atoms with Gasteiger partial charge in [0.1, 0.15) is 5.94 Å². The molecule has 0 bridgehead atoms. The fourth-order valence-corrected chi connectivity index (χ4v) is 1.31. The second kappa shape index (κ2) is 6.03. The van der Waals surface area contributed by atoms with Gasteiger partial charge in [-0.3, -0.25) is 4.79 Å². The molecule has 1 aromatic rings. The second-order valence-electron chi connectivity index (χ2n) is 2.83. The van der Waals surface area contributed by atoms with Crippen LogP contribution in [0.1, 0.15) is 16.7 Å². The Morgan fingerprint density at radius 2 is 1.86 bits per heavy atom. The summed E-state index contributed by atoms with van der Waals surface area (Å²) in [6.07, 6.45) is 0.530. The van der Waals surface area contributed by atoms with Crippen LogP contribution in [-0.2, 0) is 42.3 Å². The van der Waals surface area contributed by atoms with E-state index in [1.165, 1.54) is 0 Å². The summed E-state index contributed by atoms with van der Waals surface area (Å²) < 4.78 is 0. The number of aryl methyl sites for hydroxylation is 2. The predicted molar refractivity (Wildman–Crippen MR) is 49.9 cm³/mol. The average molecular weight is 262 g/mol. The first-order valence-electron chi connectivity index (χ1n) is 3.88. The fraction of sp³-hybridized carbons (Fsp3) is 0.182. The van der Waals surface area contributed by atoms with E-state index in [4.69, 9.17) is 0 Å². The van der Waals surface area contributed by atoms with E-state index in [1.54, 1.807) is 18.1 Å². The summed E-state index contributed by atoms with van der Waals surface area (Å²) in [4.78, 5) is 21.0. The number of rotatable bonds is 2.